The highest BCUT2D eigenvalue weighted by atomic mass is 16.5. The van der Waals surface area contributed by atoms with Gasteiger partial charge in [-0.1, -0.05) is 20.8 Å². The van der Waals surface area contributed by atoms with Gasteiger partial charge in [0.15, 0.2) is 0 Å². The Hall–Kier alpha value is -1.06. The molecule has 112 valence electrons. The van der Waals surface area contributed by atoms with Crippen LogP contribution in [-0.4, -0.2) is 36.5 Å². The first-order chi connectivity index (χ1) is 9.25. The molecule has 1 heterocycles. The summed E-state index contributed by atoms with van der Waals surface area (Å²) in [5.41, 5.74) is 0.349. The lowest BCUT2D eigenvalue weighted by Crippen LogP contribution is -2.39. The summed E-state index contributed by atoms with van der Waals surface area (Å²) < 4.78 is 5.85. The molecule has 0 aromatic rings. The topological polar surface area (TPSA) is 46.6 Å². The second kappa shape index (κ2) is 4.22. The van der Waals surface area contributed by atoms with Crippen molar-refractivity contribution in [2.45, 2.75) is 52.6 Å². The Balaban J connectivity index is 1.68. The molecule has 0 aromatic heterocycles. The van der Waals surface area contributed by atoms with E-state index in [0.717, 1.165) is 12.8 Å². The van der Waals surface area contributed by atoms with Crippen LogP contribution in [0.1, 0.15) is 46.5 Å². The van der Waals surface area contributed by atoms with Crippen molar-refractivity contribution in [3.05, 3.63) is 0 Å². The summed E-state index contributed by atoms with van der Waals surface area (Å²) in [7, 11) is 1.75. The summed E-state index contributed by atoms with van der Waals surface area (Å²) >= 11 is 0. The first-order valence-electron chi connectivity index (χ1n) is 7.70. The van der Waals surface area contributed by atoms with Crippen molar-refractivity contribution < 1.29 is 14.3 Å². The third-order valence-corrected chi connectivity index (χ3v) is 6.65. The van der Waals surface area contributed by atoms with E-state index in [1.807, 2.05) is 0 Å². The van der Waals surface area contributed by atoms with Crippen molar-refractivity contribution in [2.75, 3.05) is 13.6 Å². The van der Waals surface area contributed by atoms with Gasteiger partial charge in [-0.25, -0.2) is 0 Å². The highest BCUT2D eigenvalue weighted by Gasteiger charge is 2.63. The largest absolute Gasteiger partial charge is 0.461 e. The Bertz CT molecular complexity index is 459. The number of rotatable bonds is 2. The zero-order valence-corrected chi connectivity index (χ0v) is 12.9. The maximum atomic E-state index is 12.3. The maximum Gasteiger partial charge on any atom is 0.311 e. The standard InChI is InChI=1S/C16H25NO3/c1-15(2)11-5-6-16(15,3)12(8-11)20-14(19)10-7-13(18)17(4)9-10/h10-12H,5-9H2,1-4H3. The fourth-order valence-corrected chi connectivity index (χ4v) is 4.57. The molecule has 2 aliphatic carbocycles. The summed E-state index contributed by atoms with van der Waals surface area (Å²) in [5, 5.41) is 0. The lowest BCUT2D eigenvalue weighted by Gasteiger charge is -2.38. The molecule has 0 radical (unpaired) electrons. The van der Waals surface area contributed by atoms with Gasteiger partial charge in [0.25, 0.3) is 0 Å². The number of carbonyl (C=O) groups is 2. The van der Waals surface area contributed by atoms with Gasteiger partial charge < -0.3 is 9.64 Å². The van der Waals surface area contributed by atoms with Gasteiger partial charge in [-0.2, -0.15) is 0 Å². The minimum absolute atomic E-state index is 0.0322. The number of likely N-dealkylation sites (tertiary alicyclic amines) is 1. The van der Waals surface area contributed by atoms with Gasteiger partial charge in [-0.3, -0.25) is 9.59 Å². The third-order valence-electron chi connectivity index (χ3n) is 6.65. The molecule has 4 atom stereocenters. The number of carbonyl (C=O) groups excluding carboxylic acids is 2. The van der Waals surface area contributed by atoms with Crippen LogP contribution in [0.4, 0.5) is 0 Å². The molecular formula is C16H25NO3. The van der Waals surface area contributed by atoms with Gasteiger partial charge in [0.2, 0.25) is 5.91 Å². The zero-order valence-electron chi connectivity index (χ0n) is 12.9. The molecule has 2 bridgehead atoms. The molecule has 20 heavy (non-hydrogen) atoms. The smallest absolute Gasteiger partial charge is 0.311 e. The van der Waals surface area contributed by atoms with Crippen LogP contribution in [0.15, 0.2) is 0 Å². The van der Waals surface area contributed by atoms with Crippen molar-refractivity contribution in [1.82, 2.24) is 4.90 Å². The molecule has 1 saturated heterocycles. The van der Waals surface area contributed by atoms with Crippen LogP contribution in [0.5, 0.6) is 0 Å². The average Bonchev–Trinajstić information content (AvgIpc) is 2.87. The Morgan fingerprint density at radius 3 is 2.50 bits per heavy atom. The first-order valence-corrected chi connectivity index (χ1v) is 7.70. The fourth-order valence-electron chi connectivity index (χ4n) is 4.57. The van der Waals surface area contributed by atoms with Crippen molar-refractivity contribution >= 4 is 11.9 Å². The van der Waals surface area contributed by atoms with E-state index in [0.29, 0.717) is 18.9 Å². The fraction of sp³-hybridized carbons (Fsp3) is 0.875. The van der Waals surface area contributed by atoms with E-state index < -0.39 is 0 Å². The summed E-state index contributed by atoms with van der Waals surface area (Å²) in [4.78, 5) is 25.5. The Labute approximate surface area is 120 Å². The molecule has 3 aliphatic rings. The molecule has 0 aromatic carbocycles. The van der Waals surface area contributed by atoms with Crippen molar-refractivity contribution in [2.24, 2.45) is 22.7 Å². The van der Waals surface area contributed by atoms with Crippen molar-refractivity contribution in [3.8, 4) is 0 Å². The highest BCUT2D eigenvalue weighted by molar-refractivity contribution is 5.86. The number of esters is 1. The van der Waals surface area contributed by atoms with Crippen LogP contribution in [-0.2, 0) is 14.3 Å². The van der Waals surface area contributed by atoms with Crippen LogP contribution >= 0.6 is 0 Å². The van der Waals surface area contributed by atoms with Gasteiger partial charge in [0.1, 0.15) is 6.10 Å². The molecule has 4 heteroatoms. The van der Waals surface area contributed by atoms with Crippen LogP contribution in [0.2, 0.25) is 0 Å². The summed E-state index contributed by atoms with van der Waals surface area (Å²) in [6, 6.07) is 0. The average molecular weight is 279 g/mol. The van der Waals surface area contributed by atoms with Crippen molar-refractivity contribution in [3.63, 3.8) is 0 Å². The molecule has 3 rings (SSSR count). The third kappa shape index (κ3) is 1.73. The molecule has 1 aliphatic heterocycles. The first kappa shape index (κ1) is 13.9. The molecule has 2 saturated carbocycles. The van der Waals surface area contributed by atoms with Gasteiger partial charge in [0.05, 0.1) is 5.92 Å². The van der Waals surface area contributed by atoms with Gasteiger partial charge in [-0.05, 0) is 30.6 Å². The van der Waals surface area contributed by atoms with E-state index >= 15 is 0 Å². The van der Waals surface area contributed by atoms with Crippen LogP contribution in [0.3, 0.4) is 0 Å². The van der Waals surface area contributed by atoms with E-state index in [1.165, 1.54) is 6.42 Å². The van der Waals surface area contributed by atoms with Gasteiger partial charge >= 0.3 is 5.97 Å². The Morgan fingerprint density at radius 2 is 2.05 bits per heavy atom. The Kier molecular flexibility index (Phi) is 2.93. The number of amides is 1. The van der Waals surface area contributed by atoms with E-state index in [2.05, 4.69) is 20.8 Å². The second-order valence-electron chi connectivity index (χ2n) is 7.71. The number of fused-ring (bicyclic) bond motifs is 2. The molecule has 0 spiro atoms. The molecule has 0 N–H and O–H groups in total. The second-order valence-corrected chi connectivity index (χ2v) is 7.71. The normalized spacial score (nSPS) is 42.3. The zero-order chi connectivity index (χ0) is 14.7. The maximum absolute atomic E-state index is 12.3. The van der Waals surface area contributed by atoms with Crippen LogP contribution in [0, 0.1) is 22.7 Å². The van der Waals surface area contributed by atoms with Crippen LogP contribution < -0.4 is 0 Å². The summed E-state index contributed by atoms with van der Waals surface area (Å²) in [6.07, 6.45) is 3.73. The number of ether oxygens (including phenoxy) is 1. The molecule has 4 unspecified atom stereocenters. The Morgan fingerprint density at radius 1 is 1.35 bits per heavy atom. The van der Waals surface area contributed by atoms with E-state index in [9.17, 15) is 9.59 Å². The van der Waals surface area contributed by atoms with Gasteiger partial charge in [0, 0.05) is 25.4 Å². The monoisotopic (exact) mass is 279 g/mol. The lowest BCUT2D eigenvalue weighted by molar-refractivity contribution is -0.161. The lowest BCUT2D eigenvalue weighted by atomic mass is 9.70. The van der Waals surface area contributed by atoms with Gasteiger partial charge in [-0.15, -0.1) is 0 Å². The molecule has 1 amide bonds. The highest BCUT2D eigenvalue weighted by Crippen LogP contribution is 2.66. The number of nitrogens with zero attached hydrogens (tertiary/aromatic N) is 1. The predicted molar refractivity (Wildman–Crippen MR) is 74.9 cm³/mol. The molecular weight excluding hydrogens is 254 g/mol. The SMILES string of the molecule is CN1CC(C(=O)OC2CC3CCC2(C)C3(C)C)CC1=O. The molecule has 3 fully saturated rings. The predicted octanol–water partition coefficient (Wildman–Crippen LogP) is 2.22. The summed E-state index contributed by atoms with van der Waals surface area (Å²) in [5.74, 6) is 0.278. The quantitative estimate of drug-likeness (QED) is 0.728. The van der Waals surface area contributed by atoms with Crippen LogP contribution in [0.25, 0.3) is 0 Å². The van der Waals surface area contributed by atoms with E-state index in [1.54, 1.807) is 11.9 Å². The molecule has 4 nitrogen and oxygen atoms in total. The van der Waals surface area contributed by atoms with E-state index in [-0.39, 0.29) is 34.7 Å². The number of hydrogen-bond donors (Lipinski definition) is 0. The minimum Gasteiger partial charge on any atom is -0.461 e. The number of hydrogen-bond acceptors (Lipinski definition) is 3. The van der Waals surface area contributed by atoms with Crippen molar-refractivity contribution in [1.29, 1.82) is 0 Å². The summed E-state index contributed by atoms with van der Waals surface area (Å²) in [6.45, 7) is 7.40. The minimum atomic E-state index is -0.265. The van der Waals surface area contributed by atoms with E-state index in [4.69, 9.17) is 4.74 Å².